The van der Waals surface area contributed by atoms with Crippen LogP contribution in [0.1, 0.15) is 10.4 Å². The molecular weight excluding hydrogens is 280 g/mol. The number of nitrogens with two attached hydrogens (primary N) is 1. The molecule has 0 radical (unpaired) electrons. The number of carbonyl (C=O) groups is 1. The molecular formula is C14H13ClN2OS. The van der Waals surface area contributed by atoms with E-state index in [1.54, 1.807) is 42.1 Å². The van der Waals surface area contributed by atoms with Crippen LogP contribution >= 0.6 is 23.4 Å². The van der Waals surface area contributed by atoms with Gasteiger partial charge in [0.05, 0.1) is 11.4 Å². The van der Waals surface area contributed by atoms with E-state index in [0.29, 0.717) is 22.0 Å². The second-order valence-electron chi connectivity index (χ2n) is 3.91. The smallest absolute Gasteiger partial charge is 0.255 e. The molecule has 98 valence electrons. The molecule has 19 heavy (non-hydrogen) atoms. The minimum Gasteiger partial charge on any atom is -0.397 e. The Morgan fingerprint density at radius 2 is 1.89 bits per heavy atom. The lowest BCUT2D eigenvalue weighted by Crippen LogP contribution is -2.13. The standard InChI is InChI=1S/C14H13ClN2OS/c1-19-11-5-2-9(3-6-11)14(18)17-13-8-10(15)4-7-12(13)16/h2-8H,16H2,1H3,(H,17,18). The highest BCUT2D eigenvalue weighted by molar-refractivity contribution is 7.98. The van der Waals surface area contributed by atoms with E-state index in [0.717, 1.165) is 4.90 Å². The van der Waals surface area contributed by atoms with Crippen LogP contribution in [0.4, 0.5) is 11.4 Å². The van der Waals surface area contributed by atoms with Crippen LogP contribution in [-0.2, 0) is 0 Å². The van der Waals surface area contributed by atoms with Gasteiger partial charge in [0, 0.05) is 15.5 Å². The highest BCUT2D eigenvalue weighted by Crippen LogP contribution is 2.23. The minimum absolute atomic E-state index is 0.207. The van der Waals surface area contributed by atoms with Gasteiger partial charge in [0.25, 0.3) is 5.91 Å². The van der Waals surface area contributed by atoms with E-state index in [1.807, 2.05) is 18.4 Å². The van der Waals surface area contributed by atoms with Crippen molar-refractivity contribution in [2.24, 2.45) is 0 Å². The van der Waals surface area contributed by atoms with Crippen LogP contribution < -0.4 is 11.1 Å². The van der Waals surface area contributed by atoms with Gasteiger partial charge in [-0.25, -0.2) is 0 Å². The highest BCUT2D eigenvalue weighted by Gasteiger charge is 2.08. The number of hydrogen-bond acceptors (Lipinski definition) is 3. The summed E-state index contributed by atoms with van der Waals surface area (Å²) in [4.78, 5) is 13.2. The number of thioether (sulfide) groups is 1. The van der Waals surface area contributed by atoms with Crippen molar-refractivity contribution in [1.29, 1.82) is 0 Å². The molecule has 0 spiro atoms. The second-order valence-corrected chi connectivity index (χ2v) is 5.23. The van der Waals surface area contributed by atoms with Crippen molar-refractivity contribution in [3.05, 3.63) is 53.1 Å². The van der Waals surface area contributed by atoms with Crippen LogP contribution in [0.3, 0.4) is 0 Å². The number of hydrogen-bond donors (Lipinski definition) is 2. The lowest BCUT2D eigenvalue weighted by molar-refractivity contribution is 0.102. The number of anilines is 2. The molecule has 0 unspecified atom stereocenters. The first-order valence-corrected chi connectivity index (χ1v) is 7.21. The molecule has 0 fully saturated rings. The van der Waals surface area contributed by atoms with Gasteiger partial charge >= 0.3 is 0 Å². The van der Waals surface area contributed by atoms with Crippen LogP contribution in [0.25, 0.3) is 0 Å². The number of rotatable bonds is 3. The molecule has 2 aromatic carbocycles. The average molecular weight is 293 g/mol. The fourth-order valence-electron chi connectivity index (χ4n) is 1.57. The van der Waals surface area contributed by atoms with Gasteiger partial charge in [-0.2, -0.15) is 0 Å². The van der Waals surface area contributed by atoms with Crippen LogP contribution in [0.2, 0.25) is 5.02 Å². The van der Waals surface area contributed by atoms with Crippen molar-refractivity contribution in [3.63, 3.8) is 0 Å². The van der Waals surface area contributed by atoms with E-state index < -0.39 is 0 Å². The third kappa shape index (κ3) is 3.43. The summed E-state index contributed by atoms with van der Waals surface area (Å²) in [5, 5.41) is 3.28. The van der Waals surface area contributed by atoms with Crippen molar-refractivity contribution in [3.8, 4) is 0 Å². The Morgan fingerprint density at radius 1 is 1.21 bits per heavy atom. The molecule has 0 atom stereocenters. The Bertz CT molecular complexity index is 599. The Labute approximate surface area is 121 Å². The van der Waals surface area contributed by atoms with E-state index in [9.17, 15) is 4.79 Å². The maximum atomic E-state index is 12.1. The average Bonchev–Trinajstić information content (AvgIpc) is 2.43. The second kappa shape index (κ2) is 5.99. The number of nitrogen functional groups attached to an aromatic ring is 1. The summed E-state index contributed by atoms with van der Waals surface area (Å²) in [5.74, 6) is -0.207. The van der Waals surface area contributed by atoms with E-state index in [1.165, 1.54) is 0 Å². The zero-order valence-electron chi connectivity index (χ0n) is 10.3. The van der Waals surface area contributed by atoms with Crippen LogP contribution in [-0.4, -0.2) is 12.2 Å². The first kappa shape index (κ1) is 13.8. The Kier molecular flexibility index (Phi) is 4.35. The van der Waals surface area contributed by atoms with Gasteiger partial charge in [0.15, 0.2) is 0 Å². The summed E-state index contributed by atoms with van der Waals surface area (Å²) in [6.45, 7) is 0. The monoisotopic (exact) mass is 292 g/mol. The number of amides is 1. The van der Waals surface area contributed by atoms with Gasteiger partial charge in [-0.05, 0) is 48.7 Å². The molecule has 0 heterocycles. The first-order valence-electron chi connectivity index (χ1n) is 5.60. The van der Waals surface area contributed by atoms with E-state index in [-0.39, 0.29) is 5.91 Å². The van der Waals surface area contributed by atoms with Crippen LogP contribution in [0.15, 0.2) is 47.4 Å². The molecule has 3 nitrogen and oxygen atoms in total. The predicted molar refractivity (Wildman–Crippen MR) is 82.0 cm³/mol. The minimum atomic E-state index is -0.207. The normalized spacial score (nSPS) is 10.2. The van der Waals surface area contributed by atoms with Gasteiger partial charge in [0.2, 0.25) is 0 Å². The third-order valence-electron chi connectivity index (χ3n) is 2.62. The molecule has 3 N–H and O–H groups in total. The lowest BCUT2D eigenvalue weighted by Gasteiger charge is -2.08. The lowest BCUT2D eigenvalue weighted by atomic mass is 10.2. The molecule has 5 heteroatoms. The summed E-state index contributed by atoms with van der Waals surface area (Å²) in [5.41, 5.74) is 7.37. The molecule has 0 aromatic heterocycles. The van der Waals surface area contributed by atoms with Crippen molar-refractivity contribution in [2.45, 2.75) is 4.90 Å². The number of nitrogens with one attached hydrogen (secondary N) is 1. The van der Waals surface area contributed by atoms with E-state index in [4.69, 9.17) is 17.3 Å². The molecule has 0 aliphatic rings. The molecule has 0 aliphatic carbocycles. The van der Waals surface area contributed by atoms with Crippen molar-refractivity contribution in [1.82, 2.24) is 0 Å². The Hall–Kier alpha value is -1.65. The fourth-order valence-corrected chi connectivity index (χ4v) is 2.15. The summed E-state index contributed by atoms with van der Waals surface area (Å²) in [6, 6.07) is 12.3. The summed E-state index contributed by atoms with van der Waals surface area (Å²) in [6.07, 6.45) is 1.99. The molecule has 0 bridgehead atoms. The molecule has 1 amide bonds. The van der Waals surface area contributed by atoms with Gasteiger partial charge < -0.3 is 11.1 Å². The Morgan fingerprint density at radius 3 is 2.53 bits per heavy atom. The Balaban J connectivity index is 2.18. The molecule has 0 saturated heterocycles. The quantitative estimate of drug-likeness (QED) is 0.666. The largest absolute Gasteiger partial charge is 0.397 e. The predicted octanol–water partition coefficient (Wildman–Crippen LogP) is 3.90. The third-order valence-corrected chi connectivity index (χ3v) is 3.59. The van der Waals surface area contributed by atoms with Crippen LogP contribution in [0.5, 0.6) is 0 Å². The highest BCUT2D eigenvalue weighted by atomic mass is 35.5. The zero-order valence-corrected chi connectivity index (χ0v) is 11.9. The van der Waals surface area contributed by atoms with Crippen LogP contribution in [0, 0.1) is 0 Å². The first-order chi connectivity index (χ1) is 9.10. The molecule has 0 saturated carbocycles. The molecule has 2 rings (SSSR count). The van der Waals surface area contributed by atoms with E-state index >= 15 is 0 Å². The van der Waals surface area contributed by atoms with Gasteiger partial charge in [-0.1, -0.05) is 11.6 Å². The zero-order chi connectivity index (χ0) is 13.8. The molecule has 2 aromatic rings. The number of carbonyl (C=O) groups excluding carboxylic acids is 1. The van der Waals surface area contributed by atoms with Gasteiger partial charge in [-0.3, -0.25) is 4.79 Å². The molecule has 0 aliphatic heterocycles. The van der Waals surface area contributed by atoms with Crippen molar-refractivity contribution >= 4 is 40.6 Å². The summed E-state index contributed by atoms with van der Waals surface area (Å²) < 4.78 is 0. The number of halogens is 1. The van der Waals surface area contributed by atoms with Crippen molar-refractivity contribution in [2.75, 3.05) is 17.3 Å². The SMILES string of the molecule is CSc1ccc(C(=O)Nc2cc(Cl)ccc2N)cc1. The van der Waals surface area contributed by atoms with Gasteiger partial charge in [0.1, 0.15) is 0 Å². The van der Waals surface area contributed by atoms with Crippen molar-refractivity contribution < 1.29 is 4.79 Å². The summed E-state index contributed by atoms with van der Waals surface area (Å²) >= 11 is 7.50. The van der Waals surface area contributed by atoms with Gasteiger partial charge in [-0.15, -0.1) is 11.8 Å². The maximum Gasteiger partial charge on any atom is 0.255 e. The fraction of sp³-hybridized carbons (Fsp3) is 0.0714. The van der Waals surface area contributed by atoms with E-state index in [2.05, 4.69) is 5.32 Å². The maximum absolute atomic E-state index is 12.1. The number of benzene rings is 2. The topological polar surface area (TPSA) is 55.1 Å². The summed E-state index contributed by atoms with van der Waals surface area (Å²) in [7, 11) is 0.